The summed E-state index contributed by atoms with van der Waals surface area (Å²) < 4.78 is 16.4. The van der Waals surface area contributed by atoms with Crippen molar-refractivity contribution in [1.82, 2.24) is 0 Å². The zero-order valence-corrected chi connectivity index (χ0v) is 8.69. The van der Waals surface area contributed by atoms with E-state index in [0.717, 1.165) is 0 Å². The Morgan fingerprint density at radius 3 is 1.94 bits per heavy atom. The molecule has 1 atom stereocenters. The number of carboxylic acid groups (broad SMARTS) is 2. The summed E-state index contributed by atoms with van der Waals surface area (Å²) in [6.45, 7) is 2.18. The van der Waals surface area contributed by atoms with Gasteiger partial charge in [0.2, 0.25) is 0 Å². The highest BCUT2D eigenvalue weighted by molar-refractivity contribution is 5.61. The molecule has 1 rings (SSSR count). The molecule has 9 heteroatoms. The Kier molecular flexibility index (Phi) is 6.67. The third-order valence-corrected chi connectivity index (χ3v) is 1.13. The number of hydrogen-bond donors (Lipinski definition) is 2. The van der Waals surface area contributed by atoms with Gasteiger partial charge in [-0.15, -0.1) is 0 Å². The maximum absolute atomic E-state index is 10.0. The highest BCUT2D eigenvalue weighted by Gasteiger charge is 2.19. The van der Waals surface area contributed by atoms with E-state index in [0.29, 0.717) is 19.1 Å². The third kappa shape index (κ3) is 9.85. The molecule has 0 bridgehead atoms. The van der Waals surface area contributed by atoms with E-state index in [9.17, 15) is 14.4 Å². The predicted octanol–water partition coefficient (Wildman–Crippen LogP) is 1.39. The zero-order chi connectivity index (χ0) is 13.3. The van der Waals surface area contributed by atoms with E-state index < -0.39 is 18.5 Å². The predicted molar refractivity (Wildman–Crippen MR) is 49.3 cm³/mol. The van der Waals surface area contributed by atoms with E-state index in [1.807, 2.05) is 0 Å². The Labute approximate surface area is 95.1 Å². The van der Waals surface area contributed by atoms with Crippen LogP contribution in [0.5, 0.6) is 0 Å². The lowest BCUT2D eigenvalue weighted by atomic mass is 10.5. The van der Waals surface area contributed by atoms with Crippen molar-refractivity contribution >= 4 is 18.5 Å². The van der Waals surface area contributed by atoms with Gasteiger partial charge >= 0.3 is 18.5 Å². The first-order valence-electron chi connectivity index (χ1n) is 4.19. The lowest BCUT2D eigenvalue weighted by Gasteiger charge is -1.90. The molecular formula is C8H10O9. The highest BCUT2D eigenvalue weighted by Crippen LogP contribution is 2.02. The highest BCUT2D eigenvalue weighted by atomic mass is 16.8. The van der Waals surface area contributed by atoms with Crippen LogP contribution >= 0.6 is 0 Å². The molecule has 0 aromatic carbocycles. The number of carbonyl (C=O) groups excluding carboxylic acids is 1. The molecule has 0 aromatic rings. The van der Waals surface area contributed by atoms with E-state index in [2.05, 4.69) is 18.9 Å². The first kappa shape index (κ1) is 14.6. The largest absolute Gasteiger partial charge is 0.510 e. The standard InChI is InChI=1S/C4H4O6.C4H6O3/c5-3(6)9-1-2-10-4(7)8;1-3-2-6-4(5)7-3/h1-2H,(H,5,6)(H,7,8);3H,2H2,1H3/b2-1+;. The van der Waals surface area contributed by atoms with Crippen molar-refractivity contribution in [2.45, 2.75) is 13.0 Å². The van der Waals surface area contributed by atoms with Gasteiger partial charge in [0.05, 0.1) is 0 Å². The number of carbonyl (C=O) groups is 3. The van der Waals surface area contributed by atoms with Crippen LogP contribution in [0.15, 0.2) is 12.5 Å². The molecule has 1 saturated heterocycles. The van der Waals surface area contributed by atoms with Gasteiger partial charge in [-0.3, -0.25) is 0 Å². The first-order chi connectivity index (χ1) is 7.91. The minimum absolute atomic E-state index is 0.0486. The van der Waals surface area contributed by atoms with Gasteiger partial charge in [0.25, 0.3) is 0 Å². The normalized spacial score (nSPS) is 17.5. The fraction of sp³-hybridized carbons (Fsp3) is 0.375. The fourth-order valence-corrected chi connectivity index (χ4v) is 0.590. The van der Waals surface area contributed by atoms with Crippen molar-refractivity contribution in [2.75, 3.05) is 6.61 Å². The van der Waals surface area contributed by atoms with Gasteiger partial charge in [-0.05, 0) is 6.92 Å². The second-order valence-corrected chi connectivity index (χ2v) is 2.53. The maximum Gasteiger partial charge on any atom is 0.510 e. The molecule has 1 aliphatic rings. The summed E-state index contributed by atoms with van der Waals surface area (Å²) >= 11 is 0. The molecule has 1 heterocycles. The van der Waals surface area contributed by atoms with Gasteiger partial charge in [0.1, 0.15) is 25.2 Å². The number of ether oxygens (including phenoxy) is 4. The van der Waals surface area contributed by atoms with Gasteiger partial charge in [-0.1, -0.05) is 0 Å². The minimum Gasteiger partial charge on any atom is -0.449 e. The second-order valence-electron chi connectivity index (χ2n) is 2.53. The number of rotatable bonds is 2. The van der Waals surface area contributed by atoms with E-state index >= 15 is 0 Å². The zero-order valence-electron chi connectivity index (χ0n) is 8.69. The Balaban J connectivity index is 0.000000318. The molecule has 1 aliphatic heterocycles. The van der Waals surface area contributed by atoms with E-state index in [1.54, 1.807) is 6.92 Å². The fourth-order valence-electron chi connectivity index (χ4n) is 0.590. The quantitative estimate of drug-likeness (QED) is 0.424. The molecule has 0 amide bonds. The smallest absolute Gasteiger partial charge is 0.449 e. The van der Waals surface area contributed by atoms with E-state index in [1.165, 1.54) is 0 Å². The van der Waals surface area contributed by atoms with Crippen molar-refractivity contribution in [3.63, 3.8) is 0 Å². The van der Waals surface area contributed by atoms with Crippen molar-refractivity contribution in [1.29, 1.82) is 0 Å². The number of cyclic esters (lactones) is 2. The summed E-state index contributed by atoms with van der Waals surface area (Å²) in [6.07, 6.45) is -2.48. The Hall–Kier alpha value is -2.45. The third-order valence-electron chi connectivity index (χ3n) is 1.13. The molecule has 2 N–H and O–H groups in total. The lowest BCUT2D eigenvalue weighted by molar-refractivity contribution is 0.114. The summed E-state index contributed by atoms with van der Waals surface area (Å²) in [4.78, 5) is 29.1. The Morgan fingerprint density at radius 2 is 1.76 bits per heavy atom. The van der Waals surface area contributed by atoms with Crippen LogP contribution in [0, 0.1) is 0 Å². The van der Waals surface area contributed by atoms with E-state index in [4.69, 9.17) is 10.2 Å². The monoisotopic (exact) mass is 250 g/mol. The van der Waals surface area contributed by atoms with Crippen LogP contribution in [0.3, 0.4) is 0 Å². The lowest BCUT2D eigenvalue weighted by Crippen LogP contribution is -2.01. The molecule has 0 spiro atoms. The van der Waals surface area contributed by atoms with Crippen LogP contribution in [0.2, 0.25) is 0 Å². The molecule has 1 fully saturated rings. The Morgan fingerprint density at radius 1 is 1.29 bits per heavy atom. The van der Waals surface area contributed by atoms with Gasteiger partial charge in [0.15, 0.2) is 0 Å². The van der Waals surface area contributed by atoms with Crippen molar-refractivity contribution < 1.29 is 43.5 Å². The summed E-state index contributed by atoms with van der Waals surface area (Å²) in [5, 5.41) is 15.6. The second kappa shape index (κ2) is 7.79. The van der Waals surface area contributed by atoms with Crippen molar-refractivity contribution in [3.8, 4) is 0 Å². The van der Waals surface area contributed by atoms with Gasteiger partial charge in [0, 0.05) is 0 Å². The molecule has 0 aromatic heterocycles. The molecule has 0 radical (unpaired) electrons. The molecular weight excluding hydrogens is 240 g/mol. The number of hydrogen-bond acceptors (Lipinski definition) is 7. The molecule has 1 unspecified atom stereocenters. The van der Waals surface area contributed by atoms with Crippen LogP contribution < -0.4 is 0 Å². The van der Waals surface area contributed by atoms with Crippen LogP contribution in [0.25, 0.3) is 0 Å². The average Bonchev–Trinajstić information content (AvgIpc) is 2.58. The van der Waals surface area contributed by atoms with Crippen LogP contribution in [0.1, 0.15) is 6.92 Å². The van der Waals surface area contributed by atoms with E-state index in [-0.39, 0.29) is 6.10 Å². The minimum atomic E-state index is -1.54. The first-order valence-corrected chi connectivity index (χ1v) is 4.19. The SMILES string of the molecule is CC1COC(=O)O1.O=C(O)O/C=C/OC(=O)O. The maximum atomic E-state index is 10.0. The Bertz CT molecular complexity index is 290. The molecule has 0 aliphatic carbocycles. The van der Waals surface area contributed by atoms with Crippen LogP contribution in [-0.4, -0.2) is 41.4 Å². The summed E-state index contributed by atoms with van der Waals surface area (Å²) in [6, 6.07) is 0. The van der Waals surface area contributed by atoms with Crippen molar-refractivity contribution in [2.24, 2.45) is 0 Å². The van der Waals surface area contributed by atoms with Gasteiger partial charge in [-0.2, -0.15) is 0 Å². The molecule has 96 valence electrons. The molecule has 9 nitrogen and oxygen atoms in total. The molecule has 0 saturated carbocycles. The summed E-state index contributed by atoms with van der Waals surface area (Å²) in [7, 11) is 0. The van der Waals surface area contributed by atoms with Crippen LogP contribution in [-0.2, 0) is 18.9 Å². The van der Waals surface area contributed by atoms with Gasteiger partial charge in [-0.25, -0.2) is 14.4 Å². The topological polar surface area (TPSA) is 129 Å². The van der Waals surface area contributed by atoms with Gasteiger partial charge < -0.3 is 29.2 Å². The molecule has 17 heavy (non-hydrogen) atoms. The summed E-state index contributed by atoms with van der Waals surface area (Å²) in [5.74, 6) is 0. The van der Waals surface area contributed by atoms with Crippen LogP contribution in [0.4, 0.5) is 14.4 Å². The van der Waals surface area contributed by atoms with Crippen molar-refractivity contribution in [3.05, 3.63) is 12.5 Å². The average molecular weight is 250 g/mol. The summed E-state index contributed by atoms with van der Waals surface area (Å²) in [5.41, 5.74) is 0.